The van der Waals surface area contributed by atoms with Gasteiger partial charge >= 0.3 is 0 Å². The van der Waals surface area contributed by atoms with E-state index in [1.807, 2.05) is 24.0 Å². The topological polar surface area (TPSA) is 23.5 Å². The normalized spacial score (nSPS) is 20.5. The highest BCUT2D eigenvalue weighted by atomic mass is 35.5. The van der Waals surface area contributed by atoms with Gasteiger partial charge in [0.05, 0.1) is 6.61 Å². The summed E-state index contributed by atoms with van der Waals surface area (Å²) in [5.41, 5.74) is -0.453. The Bertz CT molecular complexity index is 415. The average molecular weight is 292 g/mol. The monoisotopic (exact) mass is 291 g/mol. The number of likely N-dealkylation sites (tertiary alicyclic amines) is 1. The zero-order chi connectivity index (χ0) is 13.3. The van der Waals surface area contributed by atoms with Crippen LogP contribution in [0.5, 0.6) is 0 Å². The summed E-state index contributed by atoms with van der Waals surface area (Å²) in [6.45, 7) is 2.13. The molecule has 1 aromatic carbocycles. The predicted octanol–water partition coefficient (Wildman–Crippen LogP) is 3.46. The summed E-state index contributed by atoms with van der Waals surface area (Å²) in [5.74, 6) is 0. The highest BCUT2D eigenvalue weighted by Gasteiger charge is 2.45. The minimum Gasteiger partial charge on any atom is -0.393 e. The van der Waals surface area contributed by atoms with Crippen molar-refractivity contribution in [2.75, 3.05) is 19.7 Å². The summed E-state index contributed by atoms with van der Waals surface area (Å²) in [6.07, 6.45) is 0.845. The quantitative estimate of drug-likeness (QED) is 0.918. The lowest BCUT2D eigenvalue weighted by Gasteiger charge is -2.47. The molecule has 1 aliphatic rings. The second-order valence-electron chi connectivity index (χ2n) is 4.84. The highest BCUT2D eigenvalue weighted by molar-refractivity contribution is 6.34. The molecule has 18 heavy (non-hydrogen) atoms. The van der Waals surface area contributed by atoms with Gasteiger partial charge in [-0.3, -0.25) is 4.90 Å². The van der Waals surface area contributed by atoms with Crippen LogP contribution < -0.4 is 0 Å². The Morgan fingerprint density at radius 1 is 1.33 bits per heavy atom. The lowest BCUT2D eigenvalue weighted by Crippen LogP contribution is -2.61. The second-order valence-corrected chi connectivity index (χ2v) is 5.71. The Balaban J connectivity index is 2.15. The van der Waals surface area contributed by atoms with Gasteiger partial charge in [-0.25, -0.2) is 4.39 Å². The Morgan fingerprint density at radius 3 is 2.33 bits per heavy atom. The van der Waals surface area contributed by atoms with Crippen LogP contribution >= 0.6 is 23.2 Å². The van der Waals surface area contributed by atoms with Crippen LogP contribution in [0, 0.1) is 0 Å². The Hall–Kier alpha value is -0.350. The molecule has 0 saturated carbocycles. The van der Waals surface area contributed by atoms with Gasteiger partial charge in [0.2, 0.25) is 0 Å². The summed E-state index contributed by atoms with van der Waals surface area (Å²) in [5, 5.41) is 10.1. The van der Waals surface area contributed by atoms with Gasteiger partial charge in [-0.1, -0.05) is 30.1 Å². The molecule has 5 heteroatoms. The Morgan fingerprint density at radius 2 is 1.89 bits per heavy atom. The van der Waals surface area contributed by atoms with Gasteiger partial charge in [0.25, 0.3) is 0 Å². The van der Waals surface area contributed by atoms with Gasteiger partial charge in [0.1, 0.15) is 0 Å². The van der Waals surface area contributed by atoms with E-state index in [1.54, 1.807) is 6.07 Å². The van der Waals surface area contributed by atoms with Gasteiger partial charge in [-0.2, -0.15) is 0 Å². The lowest BCUT2D eigenvalue weighted by molar-refractivity contribution is -0.0878. The number of aliphatic hydroxyl groups excluding tert-OH is 1. The summed E-state index contributed by atoms with van der Waals surface area (Å²) in [4.78, 5) is 2.00. The van der Waals surface area contributed by atoms with E-state index in [9.17, 15) is 4.39 Å². The van der Waals surface area contributed by atoms with Gasteiger partial charge in [-0.05, 0) is 30.2 Å². The zero-order valence-corrected chi connectivity index (χ0v) is 11.7. The Kier molecular flexibility index (Phi) is 4.17. The first-order chi connectivity index (χ1) is 8.47. The van der Waals surface area contributed by atoms with Crippen molar-refractivity contribution in [3.8, 4) is 0 Å². The molecular weight excluding hydrogens is 276 g/mol. The standard InChI is InChI=1S/C13H16Cl2FNO/c1-2-12(17-6-13(16,7-17)8-18)9-3-10(14)5-11(15)4-9/h3-5,12,18H,2,6-8H2,1H3. The molecule has 1 unspecified atom stereocenters. The minimum atomic E-state index is -1.45. The molecule has 1 atom stereocenters. The van der Waals surface area contributed by atoms with Crippen molar-refractivity contribution < 1.29 is 9.50 Å². The van der Waals surface area contributed by atoms with Gasteiger partial charge in [0, 0.05) is 29.2 Å². The highest BCUT2D eigenvalue weighted by Crippen LogP contribution is 2.36. The fraction of sp³-hybridized carbons (Fsp3) is 0.538. The van der Waals surface area contributed by atoms with Gasteiger partial charge in [0.15, 0.2) is 5.67 Å². The fourth-order valence-electron chi connectivity index (χ4n) is 2.47. The Labute approximate surface area is 116 Å². The molecule has 1 N–H and O–H groups in total. The summed E-state index contributed by atoms with van der Waals surface area (Å²) in [7, 11) is 0. The molecule has 1 aromatic rings. The molecule has 1 heterocycles. The maximum atomic E-state index is 13.7. The fourth-order valence-corrected chi connectivity index (χ4v) is 3.02. The summed E-state index contributed by atoms with van der Waals surface area (Å²) >= 11 is 12.0. The molecule has 1 saturated heterocycles. The molecule has 0 spiro atoms. The second kappa shape index (κ2) is 5.33. The van der Waals surface area contributed by atoms with Crippen molar-refractivity contribution in [1.82, 2.24) is 4.90 Å². The van der Waals surface area contributed by atoms with Crippen molar-refractivity contribution in [2.45, 2.75) is 25.1 Å². The molecule has 1 aliphatic heterocycles. The molecule has 0 amide bonds. The maximum Gasteiger partial charge on any atom is 0.159 e. The van der Waals surface area contributed by atoms with E-state index in [-0.39, 0.29) is 19.1 Å². The third-order valence-corrected chi connectivity index (χ3v) is 3.79. The van der Waals surface area contributed by atoms with Crippen LogP contribution in [0.2, 0.25) is 10.0 Å². The number of benzene rings is 1. The van der Waals surface area contributed by atoms with E-state index in [4.69, 9.17) is 28.3 Å². The van der Waals surface area contributed by atoms with Gasteiger partial charge < -0.3 is 5.11 Å². The van der Waals surface area contributed by atoms with Crippen LogP contribution in [0.15, 0.2) is 18.2 Å². The molecule has 0 bridgehead atoms. The third-order valence-electron chi connectivity index (χ3n) is 3.35. The van der Waals surface area contributed by atoms with E-state index in [2.05, 4.69) is 0 Å². The van der Waals surface area contributed by atoms with E-state index in [1.165, 1.54) is 0 Å². The van der Waals surface area contributed by atoms with E-state index < -0.39 is 12.3 Å². The maximum absolute atomic E-state index is 13.7. The first-order valence-corrected chi connectivity index (χ1v) is 6.73. The SMILES string of the molecule is CCC(c1cc(Cl)cc(Cl)c1)N1CC(F)(CO)C1. The van der Waals surface area contributed by atoms with Crippen LogP contribution in [-0.4, -0.2) is 35.4 Å². The lowest BCUT2D eigenvalue weighted by atomic mass is 9.91. The first kappa shape index (κ1) is 14.1. The van der Waals surface area contributed by atoms with Crippen LogP contribution in [-0.2, 0) is 0 Å². The van der Waals surface area contributed by atoms with Crippen molar-refractivity contribution in [2.24, 2.45) is 0 Å². The third kappa shape index (κ3) is 2.80. The van der Waals surface area contributed by atoms with Crippen LogP contribution in [0.4, 0.5) is 4.39 Å². The number of halogens is 3. The van der Waals surface area contributed by atoms with Crippen LogP contribution in [0.1, 0.15) is 24.9 Å². The zero-order valence-electron chi connectivity index (χ0n) is 10.2. The van der Waals surface area contributed by atoms with E-state index >= 15 is 0 Å². The summed E-state index contributed by atoms with van der Waals surface area (Å²) < 4.78 is 13.7. The van der Waals surface area contributed by atoms with Gasteiger partial charge in [-0.15, -0.1) is 0 Å². The number of hydrogen-bond donors (Lipinski definition) is 1. The number of nitrogens with zero attached hydrogens (tertiary/aromatic N) is 1. The number of alkyl halides is 1. The van der Waals surface area contributed by atoms with Crippen molar-refractivity contribution in [1.29, 1.82) is 0 Å². The van der Waals surface area contributed by atoms with E-state index in [0.29, 0.717) is 10.0 Å². The number of hydrogen-bond acceptors (Lipinski definition) is 2. The summed E-state index contributed by atoms with van der Waals surface area (Å²) in [6, 6.07) is 5.50. The van der Waals surface area contributed by atoms with E-state index in [0.717, 1.165) is 12.0 Å². The molecule has 0 aliphatic carbocycles. The molecule has 100 valence electrons. The molecule has 1 fully saturated rings. The molecule has 2 nitrogen and oxygen atoms in total. The van der Waals surface area contributed by atoms with Crippen molar-refractivity contribution in [3.05, 3.63) is 33.8 Å². The van der Waals surface area contributed by atoms with Crippen LogP contribution in [0.25, 0.3) is 0 Å². The minimum absolute atomic E-state index is 0.0941. The van der Waals surface area contributed by atoms with Crippen LogP contribution in [0.3, 0.4) is 0 Å². The first-order valence-electron chi connectivity index (χ1n) is 5.97. The number of rotatable bonds is 4. The molecular formula is C13H16Cl2FNO. The number of aliphatic hydroxyl groups is 1. The predicted molar refractivity (Wildman–Crippen MR) is 72.0 cm³/mol. The molecule has 0 aromatic heterocycles. The smallest absolute Gasteiger partial charge is 0.159 e. The van der Waals surface area contributed by atoms with Crippen molar-refractivity contribution >= 4 is 23.2 Å². The van der Waals surface area contributed by atoms with Crippen molar-refractivity contribution in [3.63, 3.8) is 0 Å². The molecule has 0 radical (unpaired) electrons. The largest absolute Gasteiger partial charge is 0.393 e. The molecule has 2 rings (SSSR count). The average Bonchev–Trinajstić information content (AvgIpc) is 2.26.